The van der Waals surface area contributed by atoms with E-state index in [1.165, 1.54) is 11.3 Å². The molecule has 0 bridgehead atoms. The summed E-state index contributed by atoms with van der Waals surface area (Å²) in [6.45, 7) is 6.19. The molecule has 1 aromatic heterocycles. The number of aliphatic hydroxyl groups excluding tert-OH is 1. The van der Waals surface area contributed by atoms with Gasteiger partial charge in [-0.25, -0.2) is 4.98 Å². The van der Waals surface area contributed by atoms with Crippen LogP contribution in [0.5, 0.6) is 5.75 Å². The summed E-state index contributed by atoms with van der Waals surface area (Å²) >= 11 is 1.40. The van der Waals surface area contributed by atoms with Crippen LogP contribution >= 0.6 is 11.3 Å². The van der Waals surface area contributed by atoms with E-state index in [2.05, 4.69) is 10.3 Å². The first-order chi connectivity index (χ1) is 11.0. The number of hydrogen-bond donors (Lipinski definition) is 2. The van der Waals surface area contributed by atoms with E-state index in [0.29, 0.717) is 16.5 Å². The molecule has 2 rings (SSSR count). The first-order valence-corrected chi connectivity index (χ1v) is 8.40. The van der Waals surface area contributed by atoms with Crippen LogP contribution in [-0.4, -0.2) is 35.3 Å². The summed E-state index contributed by atoms with van der Waals surface area (Å²) in [4.78, 5) is 17.2. The van der Waals surface area contributed by atoms with Crippen LogP contribution in [0.25, 0.3) is 0 Å². The molecule has 0 spiro atoms. The Balaban J connectivity index is 1.81. The molecule has 0 aliphatic rings. The van der Waals surface area contributed by atoms with Crippen molar-refractivity contribution in [3.05, 3.63) is 45.9 Å². The molecule has 1 aromatic carbocycles. The number of hydrogen-bond acceptors (Lipinski definition) is 5. The Hall–Kier alpha value is -1.92. The second-order valence-corrected chi connectivity index (χ2v) is 6.64. The molecule has 1 amide bonds. The van der Waals surface area contributed by atoms with Gasteiger partial charge in [-0.2, -0.15) is 0 Å². The second kappa shape index (κ2) is 8.08. The maximum atomic E-state index is 12.2. The molecule has 0 saturated carbocycles. The van der Waals surface area contributed by atoms with Gasteiger partial charge in [0.15, 0.2) is 0 Å². The summed E-state index contributed by atoms with van der Waals surface area (Å²) in [5.41, 5.74) is 0.728. The molecule has 0 aliphatic heterocycles. The Morgan fingerprint density at radius 1 is 1.35 bits per heavy atom. The number of carbonyl (C=O) groups is 1. The number of nitrogens with one attached hydrogen (secondary N) is 1. The van der Waals surface area contributed by atoms with Crippen molar-refractivity contribution < 1.29 is 14.6 Å². The zero-order valence-corrected chi connectivity index (χ0v) is 14.4. The highest BCUT2D eigenvalue weighted by Crippen LogP contribution is 2.24. The lowest BCUT2D eigenvalue weighted by Crippen LogP contribution is -2.35. The van der Waals surface area contributed by atoms with Crippen molar-refractivity contribution in [2.24, 2.45) is 0 Å². The molecule has 5 nitrogen and oxygen atoms in total. The van der Waals surface area contributed by atoms with Crippen molar-refractivity contribution >= 4 is 17.2 Å². The van der Waals surface area contributed by atoms with Gasteiger partial charge in [0.2, 0.25) is 0 Å². The Kier molecular flexibility index (Phi) is 6.12. The fourth-order valence-electron chi connectivity index (χ4n) is 1.93. The van der Waals surface area contributed by atoms with E-state index >= 15 is 0 Å². The molecule has 1 atom stereocenters. The van der Waals surface area contributed by atoms with E-state index in [-0.39, 0.29) is 19.1 Å². The summed E-state index contributed by atoms with van der Waals surface area (Å²) < 4.78 is 5.45. The number of benzene rings is 1. The monoisotopic (exact) mass is 334 g/mol. The van der Waals surface area contributed by atoms with Crippen LogP contribution in [0.15, 0.2) is 30.3 Å². The topological polar surface area (TPSA) is 71.5 Å². The minimum Gasteiger partial charge on any atom is -0.491 e. The highest BCUT2D eigenvalue weighted by atomic mass is 32.1. The number of carbonyl (C=O) groups excluding carboxylic acids is 1. The minimum atomic E-state index is -0.767. The van der Waals surface area contributed by atoms with Crippen molar-refractivity contribution in [3.63, 3.8) is 0 Å². The minimum absolute atomic E-state index is 0.128. The fourth-order valence-corrected chi connectivity index (χ4v) is 2.92. The molecule has 2 aromatic rings. The molecule has 0 radical (unpaired) electrons. The Bertz CT molecular complexity index is 641. The molecule has 0 aliphatic carbocycles. The van der Waals surface area contributed by atoms with Gasteiger partial charge in [0.1, 0.15) is 23.3 Å². The molecule has 0 fully saturated rings. The number of aliphatic hydroxyl groups is 1. The summed E-state index contributed by atoms with van der Waals surface area (Å²) in [6, 6.07) is 9.26. The van der Waals surface area contributed by atoms with Gasteiger partial charge >= 0.3 is 0 Å². The number of rotatable bonds is 7. The number of aryl methyl sites for hydroxylation is 1. The lowest BCUT2D eigenvalue weighted by molar-refractivity contribution is 0.0846. The number of nitrogens with zero attached hydrogens (tertiary/aromatic N) is 1. The Morgan fingerprint density at radius 3 is 2.65 bits per heavy atom. The van der Waals surface area contributed by atoms with Gasteiger partial charge in [-0.05, 0) is 19.1 Å². The van der Waals surface area contributed by atoms with Crippen molar-refractivity contribution in [2.45, 2.75) is 32.8 Å². The average Bonchev–Trinajstić information content (AvgIpc) is 2.94. The van der Waals surface area contributed by atoms with Gasteiger partial charge in [0.05, 0.1) is 10.7 Å². The molecule has 0 unspecified atom stereocenters. The van der Waals surface area contributed by atoms with Gasteiger partial charge in [0.25, 0.3) is 5.91 Å². The van der Waals surface area contributed by atoms with E-state index < -0.39 is 6.10 Å². The lowest BCUT2D eigenvalue weighted by Gasteiger charge is -2.13. The van der Waals surface area contributed by atoms with Gasteiger partial charge in [0, 0.05) is 12.5 Å². The highest BCUT2D eigenvalue weighted by molar-refractivity contribution is 7.13. The Morgan fingerprint density at radius 2 is 2.04 bits per heavy atom. The molecule has 23 heavy (non-hydrogen) atoms. The van der Waals surface area contributed by atoms with Crippen molar-refractivity contribution in [3.8, 4) is 5.75 Å². The van der Waals surface area contributed by atoms with E-state index in [4.69, 9.17) is 4.74 Å². The summed E-state index contributed by atoms with van der Waals surface area (Å²) in [7, 11) is 0. The van der Waals surface area contributed by atoms with Crippen molar-refractivity contribution in [1.82, 2.24) is 10.3 Å². The number of aromatic nitrogens is 1. The average molecular weight is 334 g/mol. The first-order valence-electron chi connectivity index (χ1n) is 7.58. The lowest BCUT2D eigenvalue weighted by atomic mass is 10.2. The van der Waals surface area contributed by atoms with Crippen LogP contribution in [0, 0.1) is 6.92 Å². The summed E-state index contributed by atoms with van der Waals surface area (Å²) in [5.74, 6) is 0.786. The summed E-state index contributed by atoms with van der Waals surface area (Å²) in [6.07, 6.45) is -0.767. The van der Waals surface area contributed by atoms with Crippen LogP contribution in [0.2, 0.25) is 0 Å². The maximum Gasteiger partial charge on any atom is 0.263 e. The van der Waals surface area contributed by atoms with Crippen LogP contribution in [-0.2, 0) is 0 Å². The number of para-hydroxylation sites is 1. The quantitative estimate of drug-likeness (QED) is 0.817. The second-order valence-electron chi connectivity index (χ2n) is 5.61. The molecule has 124 valence electrons. The molecule has 0 saturated heterocycles. The largest absolute Gasteiger partial charge is 0.491 e. The predicted molar refractivity (Wildman–Crippen MR) is 91.2 cm³/mol. The third-order valence-corrected chi connectivity index (χ3v) is 4.65. The zero-order valence-electron chi connectivity index (χ0n) is 13.6. The van der Waals surface area contributed by atoms with E-state index in [1.54, 1.807) is 0 Å². The summed E-state index contributed by atoms with van der Waals surface area (Å²) in [5, 5.41) is 13.6. The predicted octanol–water partition coefficient (Wildman–Crippen LogP) is 2.74. The number of ether oxygens (including phenoxy) is 1. The first kappa shape index (κ1) is 17.4. The Labute approximate surface area is 140 Å². The van der Waals surface area contributed by atoms with Crippen LogP contribution in [0.4, 0.5) is 0 Å². The van der Waals surface area contributed by atoms with E-state index in [9.17, 15) is 9.90 Å². The van der Waals surface area contributed by atoms with E-state index in [1.807, 2.05) is 51.1 Å². The number of amides is 1. The molecular weight excluding hydrogens is 312 g/mol. The fraction of sp³-hybridized carbons (Fsp3) is 0.412. The van der Waals surface area contributed by atoms with Gasteiger partial charge in [-0.15, -0.1) is 11.3 Å². The maximum absolute atomic E-state index is 12.2. The molecular formula is C17H22N2O3S. The van der Waals surface area contributed by atoms with Gasteiger partial charge < -0.3 is 15.2 Å². The zero-order chi connectivity index (χ0) is 16.8. The highest BCUT2D eigenvalue weighted by Gasteiger charge is 2.17. The van der Waals surface area contributed by atoms with Crippen LogP contribution in [0.1, 0.15) is 40.1 Å². The van der Waals surface area contributed by atoms with Gasteiger partial charge in [-0.1, -0.05) is 32.0 Å². The standard InChI is InChI=1S/C17H22N2O3S/c1-11(2)17-19-12(3)15(23-17)16(21)18-9-13(20)10-22-14-7-5-4-6-8-14/h4-8,11,13,20H,9-10H2,1-3H3,(H,18,21)/t13-/m0/s1. The van der Waals surface area contributed by atoms with Crippen molar-refractivity contribution in [1.29, 1.82) is 0 Å². The smallest absolute Gasteiger partial charge is 0.263 e. The molecule has 6 heteroatoms. The SMILES string of the molecule is Cc1nc(C(C)C)sc1C(=O)NC[C@H](O)COc1ccccc1. The van der Waals surface area contributed by atoms with E-state index in [0.717, 1.165) is 10.7 Å². The van der Waals surface area contributed by atoms with Crippen molar-refractivity contribution in [2.75, 3.05) is 13.2 Å². The van der Waals surface area contributed by atoms with Crippen LogP contribution in [0.3, 0.4) is 0 Å². The third kappa shape index (κ3) is 5.04. The third-order valence-electron chi connectivity index (χ3n) is 3.20. The normalized spacial score (nSPS) is 12.2. The molecule has 2 N–H and O–H groups in total. The molecule has 1 heterocycles. The van der Waals surface area contributed by atoms with Crippen LogP contribution < -0.4 is 10.1 Å². The number of thiazole rings is 1. The van der Waals surface area contributed by atoms with Gasteiger partial charge in [-0.3, -0.25) is 4.79 Å².